The molecule has 0 amide bonds. The van der Waals surface area contributed by atoms with E-state index >= 15 is 0 Å². The zero-order valence-corrected chi connectivity index (χ0v) is 17.9. The number of hydrogen-bond acceptors (Lipinski definition) is 7. The summed E-state index contributed by atoms with van der Waals surface area (Å²) < 4.78 is 17.8. The fraction of sp³-hybridized carbons (Fsp3) is 0.261. The summed E-state index contributed by atoms with van der Waals surface area (Å²) in [5.74, 6) is 2.09. The molecule has 9 heteroatoms. The molecule has 164 valence electrons. The number of benzene rings is 2. The number of para-hydroxylation sites is 1. The molecule has 1 saturated heterocycles. The third-order valence-corrected chi connectivity index (χ3v) is 5.57. The Labute approximate surface area is 184 Å². The van der Waals surface area contributed by atoms with Crippen molar-refractivity contribution in [1.29, 1.82) is 0 Å². The van der Waals surface area contributed by atoms with Crippen LogP contribution in [0.15, 0.2) is 53.5 Å². The van der Waals surface area contributed by atoms with Gasteiger partial charge in [-0.25, -0.2) is 4.68 Å². The van der Waals surface area contributed by atoms with Crippen molar-refractivity contribution >= 4 is 16.7 Å². The second-order valence-electron chi connectivity index (χ2n) is 7.47. The van der Waals surface area contributed by atoms with Crippen LogP contribution < -0.4 is 19.8 Å². The zero-order chi connectivity index (χ0) is 22.1. The van der Waals surface area contributed by atoms with Gasteiger partial charge in [-0.05, 0) is 6.07 Å². The fourth-order valence-electron chi connectivity index (χ4n) is 3.88. The van der Waals surface area contributed by atoms with Gasteiger partial charge >= 0.3 is 0 Å². The first-order valence-corrected chi connectivity index (χ1v) is 10.3. The lowest BCUT2D eigenvalue weighted by Crippen LogP contribution is -2.37. The van der Waals surface area contributed by atoms with Crippen molar-refractivity contribution in [3.05, 3.63) is 58.9 Å². The number of nitrogens with one attached hydrogen (secondary N) is 1. The standard InChI is InChI=1S/C23H23N5O4/c1-30-16-10-15(11-17(12-16)31-2)28-14-20(25-26-28)18-4-3-5-19-21(29)13-22(24-23(18)19)27-6-8-32-9-7-27/h3-5,10-14H,6-9H2,1-2H3,(H,24,29). The summed E-state index contributed by atoms with van der Waals surface area (Å²) in [6.07, 6.45) is 1.82. The molecule has 0 atom stereocenters. The summed E-state index contributed by atoms with van der Waals surface area (Å²) >= 11 is 0. The second-order valence-corrected chi connectivity index (χ2v) is 7.47. The summed E-state index contributed by atoms with van der Waals surface area (Å²) in [6.45, 7) is 2.75. The van der Waals surface area contributed by atoms with Crippen LogP contribution in [0.2, 0.25) is 0 Å². The first-order chi connectivity index (χ1) is 15.7. The van der Waals surface area contributed by atoms with Crippen LogP contribution in [-0.2, 0) is 4.74 Å². The number of hydrogen-bond donors (Lipinski definition) is 1. The van der Waals surface area contributed by atoms with Crippen molar-refractivity contribution in [2.75, 3.05) is 45.4 Å². The average molecular weight is 433 g/mol. The monoisotopic (exact) mass is 433 g/mol. The van der Waals surface area contributed by atoms with E-state index in [1.54, 1.807) is 31.0 Å². The third-order valence-electron chi connectivity index (χ3n) is 5.57. The van der Waals surface area contributed by atoms with Crippen LogP contribution in [0.1, 0.15) is 0 Å². The molecule has 1 fully saturated rings. The number of pyridine rings is 1. The van der Waals surface area contributed by atoms with E-state index in [1.165, 1.54) is 0 Å². The molecule has 1 aliphatic heterocycles. The lowest BCUT2D eigenvalue weighted by Gasteiger charge is -2.28. The molecule has 1 aliphatic rings. The number of methoxy groups -OCH3 is 2. The Balaban J connectivity index is 1.59. The minimum absolute atomic E-state index is 0.0352. The number of ether oxygens (including phenoxy) is 3. The highest BCUT2D eigenvalue weighted by atomic mass is 16.5. The second kappa shape index (κ2) is 8.35. The van der Waals surface area contributed by atoms with Crippen LogP contribution in [0.25, 0.3) is 27.8 Å². The predicted molar refractivity (Wildman–Crippen MR) is 121 cm³/mol. The Morgan fingerprint density at radius 1 is 1.03 bits per heavy atom. The minimum Gasteiger partial charge on any atom is -0.497 e. The summed E-state index contributed by atoms with van der Waals surface area (Å²) in [5, 5.41) is 9.27. The van der Waals surface area contributed by atoms with Gasteiger partial charge in [-0.2, -0.15) is 0 Å². The Morgan fingerprint density at radius 2 is 1.78 bits per heavy atom. The highest BCUT2D eigenvalue weighted by molar-refractivity contribution is 5.93. The highest BCUT2D eigenvalue weighted by Gasteiger charge is 2.16. The van der Waals surface area contributed by atoms with Crippen LogP contribution in [0.4, 0.5) is 5.82 Å². The molecule has 32 heavy (non-hydrogen) atoms. The van der Waals surface area contributed by atoms with Crippen LogP contribution in [0.3, 0.4) is 0 Å². The molecule has 0 bridgehead atoms. The van der Waals surface area contributed by atoms with Crippen molar-refractivity contribution in [3.63, 3.8) is 0 Å². The topological polar surface area (TPSA) is 94.5 Å². The smallest absolute Gasteiger partial charge is 0.191 e. The molecule has 2 aromatic heterocycles. The van der Waals surface area contributed by atoms with E-state index in [4.69, 9.17) is 14.2 Å². The molecular weight excluding hydrogens is 410 g/mol. The van der Waals surface area contributed by atoms with E-state index in [0.29, 0.717) is 35.8 Å². The molecule has 0 radical (unpaired) electrons. The first-order valence-electron chi connectivity index (χ1n) is 10.3. The highest BCUT2D eigenvalue weighted by Crippen LogP contribution is 2.28. The predicted octanol–water partition coefficient (Wildman–Crippen LogP) is 2.63. The molecule has 0 saturated carbocycles. The average Bonchev–Trinajstić information content (AvgIpc) is 3.34. The number of rotatable bonds is 5. The van der Waals surface area contributed by atoms with E-state index in [-0.39, 0.29) is 5.43 Å². The van der Waals surface area contributed by atoms with Gasteiger partial charge in [0.05, 0.1) is 44.8 Å². The van der Waals surface area contributed by atoms with Crippen LogP contribution in [0.5, 0.6) is 11.5 Å². The number of nitrogens with zero attached hydrogens (tertiary/aromatic N) is 4. The number of anilines is 1. The molecule has 4 aromatic rings. The SMILES string of the molecule is COc1cc(OC)cc(-n2cc(-c3cccc4c(=O)cc(N5CCOCC5)[nH]c34)nn2)c1. The Kier molecular flexibility index (Phi) is 5.24. The van der Waals surface area contributed by atoms with Crippen molar-refractivity contribution < 1.29 is 14.2 Å². The van der Waals surface area contributed by atoms with E-state index in [2.05, 4.69) is 20.2 Å². The van der Waals surface area contributed by atoms with Gasteiger partial charge in [0.2, 0.25) is 0 Å². The summed E-state index contributed by atoms with van der Waals surface area (Å²) in [7, 11) is 3.20. The molecule has 0 aliphatic carbocycles. The van der Waals surface area contributed by atoms with Crippen molar-refractivity contribution in [2.45, 2.75) is 0 Å². The Bertz CT molecular complexity index is 1300. The number of H-pyrrole nitrogens is 1. The summed E-state index contributed by atoms with van der Waals surface area (Å²) in [6, 6.07) is 12.8. The summed E-state index contributed by atoms with van der Waals surface area (Å²) in [5.41, 5.74) is 2.90. The zero-order valence-electron chi connectivity index (χ0n) is 17.9. The van der Waals surface area contributed by atoms with Gasteiger partial charge in [-0.15, -0.1) is 5.10 Å². The third kappa shape index (κ3) is 3.67. The Hall–Kier alpha value is -3.85. The Morgan fingerprint density at radius 3 is 2.50 bits per heavy atom. The van der Waals surface area contributed by atoms with Crippen molar-refractivity contribution in [3.8, 4) is 28.4 Å². The number of fused-ring (bicyclic) bond motifs is 1. The number of aromatic amines is 1. The van der Waals surface area contributed by atoms with Gasteiger partial charge in [0.15, 0.2) is 5.43 Å². The van der Waals surface area contributed by atoms with Gasteiger partial charge in [-0.1, -0.05) is 17.3 Å². The van der Waals surface area contributed by atoms with Gasteiger partial charge in [-0.3, -0.25) is 4.79 Å². The largest absolute Gasteiger partial charge is 0.497 e. The molecule has 5 rings (SSSR count). The number of morpholine rings is 1. The van der Waals surface area contributed by atoms with E-state index < -0.39 is 0 Å². The van der Waals surface area contributed by atoms with Crippen LogP contribution in [-0.4, -0.2) is 60.5 Å². The van der Waals surface area contributed by atoms with Gasteiger partial charge in [0.25, 0.3) is 0 Å². The maximum absolute atomic E-state index is 12.8. The number of aromatic nitrogens is 4. The first kappa shape index (κ1) is 20.1. The van der Waals surface area contributed by atoms with Gasteiger partial charge < -0.3 is 24.1 Å². The molecule has 9 nitrogen and oxygen atoms in total. The lowest BCUT2D eigenvalue weighted by molar-refractivity contribution is 0.122. The lowest BCUT2D eigenvalue weighted by atomic mass is 10.1. The van der Waals surface area contributed by atoms with Crippen LogP contribution in [0, 0.1) is 0 Å². The molecule has 3 heterocycles. The maximum atomic E-state index is 12.8. The van der Waals surface area contributed by atoms with Gasteiger partial charge in [0.1, 0.15) is 23.0 Å². The van der Waals surface area contributed by atoms with E-state index in [0.717, 1.165) is 35.7 Å². The molecule has 1 N–H and O–H groups in total. The van der Waals surface area contributed by atoms with E-state index in [1.807, 2.05) is 36.5 Å². The normalized spacial score (nSPS) is 14.0. The van der Waals surface area contributed by atoms with Crippen LogP contribution >= 0.6 is 0 Å². The molecule has 0 unspecified atom stereocenters. The summed E-state index contributed by atoms with van der Waals surface area (Å²) in [4.78, 5) is 18.4. The molecule has 0 spiro atoms. The minimum atomic E-state index is -0.0352. The van der Waals surface area contributed by atoms with Crippen molar-refractivity contribution in [2.24, 2.45) is 0 Å². The van der Waals surface area contributed by atoms with Gasteiger partial charge in [0, 0.05) is 48.3 Å². The molecule has 2 aromatic carbocycles. The van der Waals surface area contributed by atoms with Crippen molar-refractivity contribution in [1.82, 2.24) is 20.0 Å². The molecular formula is C23H23N5O4. The fourth-order valence-corrected chi connectivity index (χ4v) is 3.88. The maximum Gasteiger partial charge on any atom is 0.191 e. The van der Waals surface area contributed by atoms with E-state index in [9.17, 15) is 4.79 Å². The quantitative estimate of drug-likeness (QED) is 0.517.